The van der Waals surface area contributed by atoms with Crippen molar-refractivity contribution in [2.45, 2.75) is 44.3 Å². The van der Waals surface area contributed by atoms with Crippen molar-refractivity contribution in [3.05, 3.63) is 60.6 Å². The van der Waals surface area contributed by atoms with Crippen molar-refractivity contribution in [2.24, 2.45) is 0 Å². The molecule has 0 unspecified atom stereocenters. The van der Waals surface area contributed by atoms with E-state index in [1.165, 1.54) is 5.56 Å². The molecule has 11 heteroatoms. The second kappa shape index (κ2) is 11.4. The normalized spacial score (nSPS) is 18.5. The summed E-state index contributed by atoms with van der Waals surface area (Å²) in [5, 5.41) is 11.7. The average Bonchev–Trinajstić information content (AvgIpc) is 3.73. The van der Waals surface area contributed by atoms with Crippen LogP contribution in [0.25, 0.3) is 22.4 Å². The van der Waals surface area contributed by atoms with Crippen molar-refractivity contribution in [1.29, 1.82) is 0 Å². The Morgan fingerprint density at radius 1 is 0.951 bits per heavy atom. The number of anilines is 2. The van der Waals surface area contributed by atoms with Gasteiger partial charge < -0.3 is 20.3 Å². The van der Waals surface area contributed by atoms with Gasteiger partial charge in [0, 0.05) is 62.4 Å². The molecule has 3 fully saturated rings. The number of rotatable bonds is 7. The van der Waals surface area contributed by atoms with E-state index in [-0.39, 0.29) is 12.1 Å². The van der Waals surface area contributed by atoms with Gasteiger partial charge in [-0.15, -0.1) is 0 Å². The molecular formula is C30H35N9O2. The zero-order valence-corrected chi connectivity index (χ0v) is 23.1. The first-order valence-corrected chi connectivity index (χ1v) is 14.6. The molecule has 5 heterocycles. The van der Waals surface area contributed by atoms with Crippen molar-refractivity contribution in [3.8, 4) is 11.4 Å². The monoisotopic (exact) mass is 553 g/mol. The van der Waals surface area contributed by atoms with E-state index < -0.39 is 0 Å². The molecule has 0 atom stereocenters. The van der Waals surface area contributed by atoms with E-state index in [0.29, 0.717) is 25.1 Å². The summed E-state index contributed by atoms with van der Waals surface area (Å²) >= 11 is 0. The Hall–Kier alpha value is -4.09. The number of nitrogens with zero attached hydrogens (tertiary/aromatic N) is 7. The predicted octanol–water partition coefficient (Wildman–Crippen LogP) is 3.85. The number of piperidine rings is 1. The quantitative estimate of drug-likeness (QED) is 0.355. The molecule has 7 rings (SSSR count). The largest absolute Gasteiger partial charge is 0.378 e. The van der Waals surface area contributed by atoms with Gasteiger partial charge in [0.15, 0.2) is 11.5 Å². The number of aromatic nitrogens is 5. The highest BCUT2D eigenvalue weighted by Crippen LogP contribution is 2.32. The van der Waals surface area contributed by atoms with Crippen LogP contribution < -0.4 is 15.5 Å². The van der Waals surface area contributed by atoms with Gasteiger partial charge in [0.05, 0.1) is 30.8 Å². The van der Waals surface area contributed by atoms with E-state index in [1.54, 1.807) is 0 Å². The zero-order chi connectivity index (χ0) is 27.6. The van der Waals surface area contributed by atoms with Crippen molar-refractivity contribution in [2.75, 3.05) is 49.6 Å². The van der Waals surface area contributed by atoms with Crippen LogP contribution in [0.2, 0.25) is 0 Å². The van der Waals surface area contributed by atoms with E-state index in [9.17, 15) is 4.79 Å². The maximum Gasteiger partial charge on any atom is 0.319 e. The molecule has 0 radical (unpaired) electrons. The van der Waals surface area contributed by atoms with Gasteiger partial charge in [-0.1, -0.05) is 6.07 Å². The van der Waals surface area contributed by atoms with Gasteiger partial charge >= 0.3 is 6.03 Å². The van der Waals surface area contributed by atoms with Crippen molar-refractivity contribution in [3.63, 3.8) is 0 Å². The van der Waals surface area contributed by atoms with E-state index >= 15 is 0 Å². The predicted molar refractivity (Wildman–Crippen MR) is 157 cm³/mol. The third-order valence-electron chi connectivity index (χ3n) is 8.09. The Labute approximate surface area is 238 Å². The van der Waals surface area contributed by atoms with Crippen LogP contribution in [-0.4, -0.2) is 81.1 Å². The molecule has 41 heavy (non-hydrogen) atoms. The van der Waals surface area contributed by atoms with Gasteiger partial charge in [-0.2, -0.15) is 5.10 Å². The molecule has 4 aromatic rings. The Morgan fingerprint density at radius 2 is 1.76 bits per heavy atom. The van der Waals surface area contributed by atoms with Gasteiger partial charge in [0.2, 0.25) is 0 Å². The molecular weight excluding hydrogens is 518 g/mol. The maximum absolute atomic E-state index is 12.2. The zero-order valence-electron chi connectivity index (χ0n) is 23.1. The molecule has 11 nitrogen and oxygen atoms in total. The van der Waals surface area contributed by atoms with Crippen LogP contribution in [0.15, 0.2) is 55.0 Å². The first kappa shape index (κ1) is 25.8. The average molecular weight is 554 g/mol. The first-order valence-electron chi connectivity index (χ1n) is 14.6. The van der Waals surface area contributed by atoms with Gasteiger partial charge in [0.25, 0.3) is 0 Å². The number of benzene rings is 1. The molecule has 0 bridgehead atoms. The number of carbonyl (C=O) groups is 1. The summed E-state index contributed by atoms with van der Waals surface area (Å²) in [6, 6.07) is 12.3. The highest BCUT2D eigenvalue weighted by atomic mass is 16.5. The van der Waals surface area contributed by atoms with E-state index in [4.69, 9.17) is 19.8 Å². The number of morpholine rings is 1. The molecule has 2 aliphatic heterocycles. The highest BCUT2D eigenvalue weighted by molar-refractivity contribution is 5.91. The third-order valence-corrected chi connectivity index (χ3v) is 8.09. The summed E-state index contributed by atoms with van der Waals surface area (Å²) in [5.41, 5.74) is 3.75. The fourth-order valence-electron chi connectivity index (χ4n) is 5.68. The summed E-state index contributed by atoms with van der Waals surface area (Å²) < 4.78 is 7.73. The second-order valence-corrected chi connectivity index (χ2v) is 11.1. The van der Waals surface area contributed by atoms with Crippen LogP contribution in [0.3, 0.4) is 0 Å². The summed E-state index contributed by atoms with van der Waals surface area (Å²) in [4.78, 5) is 31.3. The van der Waals surface area contributed by atoms with Crippen LogP contribution in [0.4, 0.5) is 16.3 Å². The van der Waals surface area contributed by atoms with Gasteiger partial charge in [-0.25, -0.2) is 19.4 Å². The van der Waals surface area contributed by atoms with Crippen LogP contribution in [0.5, 0.6) is 0 Å². The van der Waals surface area contributed by atoms with Crippen LogP contribution in [0.1, 0.15) is 37.3 Å². The number of hydrogen-bond acceptors (Lipinski definition) is 8. The number of carbonyl (C=O) groups excluding carboxylic acids is 1. The number of urea groups is 1. The van der Waals surface area contributed by atoms with Crippen molar-refractivity contribution in [1.82, 2.24) is 34.9 Å². The van der Waals surface area contributed by atoms with Crippen LogP contribution in [-0.2, 0) is 11.3 Å². The number of pyridine rings is 1. The number of hydrogen-bond donors (Lipinski definition) is 2. The number of ether oxygens (including phenoxy) is 1. The van der Waals surface area contributed by atoms with Gasteiger partial charge in [0.1, 0.15) is 5.82 Å². The molecule has 2 saturated heterocycles. The number of amides is 2. The Kier molecular flexibility index (Phi) is 7.20. The van der Waals surface area contributed by atoms with Gasteiger partial charge in [-0.05, 0) is 61.6 Å². The maximum atomic E-state index is 12.2. The second-order valence-electron chi connectivity index (χ2n) is 11.1. The third kappa shape index (κ3) is 5.86. The molecule has 3 aliphatic rings. The minimum absolute atomic E-state index is 0.164. The topological polar surface area (TPSA) is 113 Å². The Morgan fingerprint density at radius 3 is 2.49 bits per heavy atom. The molecule has 1 aliphatic carbocycles. The molecule has 3 aromatic heterocycles. The Bertz CT molecular complexity index is 1490. The van der Waals surface area contributed by atoms with Crippen LogP contribution >= 0.6 is 0 Å². The van der Waals surface area contributed by atoms with E-state index in [2.05, 4.69) is 36.2 Å². The lowest BCUT2D eigenvalue weighted by molar-refractivity contribution is 0.122. The molecule has 1 aromatic carbocycles. The molecule has 212 valence electrons. The molecule has 1 saturated carbocycles. The minimum atomic E-state index is -0.164. The fourth-order valence-corrected chi connectivity index (χ4v) is 5.68. The summed E-state index contributed by atoms with van der Waals surface area (Å²) in [6.45, 7) is 5.82. The summed E-state index contributed by atoms with van der Waals surface area (Å²) in [6.07, 6.45) is 9.82. The van der Waals surface area contributed by atoms with Crippen molar-refractivity contribution < 1.29 is 9.53 Å². The lowest BCUT2D eigenvalue weighted by Gasteiger charge is -2.32. The number of fused-ring (bicyclic) bond motifs is 1. The fraction of sp³-hybridized carbons (Fsp3) is 0.433. The highest BCUT2D eigenvalue weighted by Gasteiger charge is 2.27. The number of likely N-dealkylation sites (tertiary alicyclic amines) is 1. The summed E-state index contributed by atoms with van der Waals surface area (Å²) in [5.74, 6) is 1.56. The number of nitrogens with one attached hydrogen (secondary N) is 2. The molecule has 2 amide bonds. The SMILES string of the molecule is O=C(Nc1ccc(-c2nc(N3CCOCC3)c3cnn(C4CCN(Cc5cccnc5)CC4)c3n2)cc1)NC1CC1. The van der Waals surface area contributed by atoms with E-state index in [0.717, 1.165) is 86.5 Å². The first-order chi connectivity index (χ1) is 20.2. The van der Waals surface area contributed by atoms with Gasteiger partial charge in [-0.3, -0.25) is 9.88 Å². The summed E-state index contributed by atoms with van der Waals surface area (Å²) in [7, 11) is 0. The smallest absolute Gasteiger partial charge is 0.319 e. The lowest BCUT2D eigenvalue weighted by atomic mass is 10.0. The van der Waals surface area contributed by atoms with Crippen molar-refractivity contribution >= 4 is 28.6 Å². The molecule has 2 N–H and O–H groups in total. The van der Waals surface area contributed by atoms with E-state index in [1.807, 2.05) is 48.9 Å². The minimum Gasteiger partial charge on any atom is -0.378 e. The Balaban J connectivity index is 1.14. The lowest BCUT2D eigenvalue weighted by Crippen LogP contribution is -2.37. The molecule has 0 spiro atoms. The standard InChI is InChI=1S/C30H35N9O2/c40-30(34-24-7-8-24)33-23-5-3-22(4-6-23)27-35-28(38-14-16-41-17-15-38)26-19-32-39(29(26)36-27)25-9-12-37(13-10-25)20-21-2-1-11-31-18-21/h1-6,11,18-19,24-25H,7-10,12-17,20H2,(H2,33,34,40). The van der Waals surface area contributed by atoms with Crippen LogP contribution in [0, 0.1) is 0 Å².